The smallest absolute Gasteiger partial charge is 0.234 e. The molecule has 1 fully saturated rings. The lowest BCUT2D eigenvalue weighted by Gasteiger charge is -2.34. The van der Waals surface area contributed by atoms with E-state index in [1.807, 2.05) is 37.3 Å². The van der Waals surface area contributed by atoms with Gasteiger partial charge in [-0.15, -0.1) is 0 Å². The van der Waals surface area contributed by atoms with E-state index in [2.05, 4.69) is 14.9 Å². The van der Waals surface area contributed by atoms with Gasteiger partial charge >= 0.3 is 0 Å². The predicted molar refractivity (Wildman–Crippen MR) is 89.5 cm³/mol. The standard InChI is InChI=1S/C18H23N3O2/c1-2-23-17-13-19-12-16(20-17)21-10-8-15(9-11-21)18(22)14-6-4-3-5-7-14/h3-7,12-13,15,18,22H,2,8-11H2,1H3/t18-/m0/s1. The van der Waals surface area contributed by atoms with Gasteiger partial charge in [0.2, 0.25) is 5.88 Å². The van der Waals surface area contributed by atoms with Crippen LogP contribution in [0.25, 0.3) is 0 Å². The van der Waals surface area contributed by atoms with Crippen LogP contribution in [0.1, 0.15) is 31.4 Å². The van der Waals surface area contributed by atoms with Crippen LogP contribution < -0.4 is 9.64 Å². The Bertz CT molecular complexity index is 613. The van der Waals surface area contributed by atoms with Crippen LogP contribution in [0, 0.1) is 5.92 Å². The van der Waals surface area contributed by atoms with Crippen molar-refractivity contribution < 1.29 is 9.84 Å². The second-order valence-corrected chi connectivity index (χ2v) is 5.83. The molecule has 0 radical (unpaired) electrons. The number of rotatable bonds is 5. The number of piperidine rings is 1. The van der Waals surface area contributed by atoms with Crippen molar-refractivity contribution in [3.05, 3.63) is 48.3 Å². The van der Waals surface area contributed by atoms with E-state index in [1.54, 1.807) is 12.4 Å². The van der Waals surface area contributed by atoms with Gasteiger partial charge in [-0.05, 0) is 31.2 Å². The maximum Gasteiger partial charge on any atom is 0.234 e. The summed E-state index contributed by atoms with van der Waals surface area (Å²) in [5.41, 5.74) is 1.00. The Hall–Kier alpha value is -2.14. The molecular formula is C18H23N3O2. The van der Waals surface area contributed by atoms with E-state index < -0.39 is 0 Å². The lowest BCUT2D eigenvalue weighted by molar-refractivity contribution is 0.0928. The minimum atomic E-state index is -0.390. The molecule has 1 aliphatic rings. The first kappa shape index (κ1) is 15.7. The van der Waals surface area contributed by atoms with Gasteiger partial charge in [-0.25, -0.2) is 0 Å². The molecule has 23 heavy (non-hydrogen) atoms. The summed E-state index contributed by atoms with van der Waals surface area (Å²) in [5.74, 6) is 1.71. The van der Waals surface area contributed by atoms with Crippen molar-refractivity contribution >= 4 is 5.82 Å². The second-order valence-electron chi connectivity index (χ2n) is 5.83. The molecule has 0 aliphatic carbocycles. The number of hydrogen-bond donors (Lipinski definition) is 1. The number of anilines is 1. The van der Waals surface area contributed by atoms with Crippen molar-refractivity contribution in [1.82, 2.24) is 9.97 Å². The summed E-state index contributed by atoms with van der Waals surface area (Å²) in [6.45, 7) is 4.27. The normalized spacial score (nSPS) is 17.0. The van der Waals surface area contributed by atoms with E-state index in [1.165, 1.54) is 0 Å². The molecule has 0 bridgehead atoms. The third kappa shape index (κ3) is 3.79. The van der Waals surface area contributed by atoms with Gasteiger partial charge in [0.15, 0.2) is 5.82 Å². The number of aliphatic hydroxyl groups excluding tert-OH is 1. The van der Waals surface area contributed by atoms with E-state index in [0.717, 1.165) is 37.3 Å². The molecule has 1 aliphatic heterocycles. The van der Waals surface area contributed by atoms with Crippen molar-refractivity contribution in [3.63, 3.8) is 0 Å². The molecule has 0 spiro atoms. The zero-order valence-electron chi connectivity index (χ0n) is 13.4. The van der Waals surface area contributed by atoms with E-state index >= 15 is 0 Å². The lowest BCUT2D eigenvalue weighted by Crippen LogP contribution is -2.36. The number of hydrogen-bond acceptors (Lipinski definition) is 5. The summed E-state index contributed by atoms with van der Waals surface area (Å²) in [7, 11) is 0. The molecule has 1 aromatic carbocycles. The molecule has 1 aromatic heterocycles. The van der Waals surface area contributed by atoms with Crippen LogP contribution in [0.15, 0.2) is 42.7 Å². The zero-order valence-corrected chi connectivity index (χ0v) is 13.4. The Morgan fingerprint density at radius 3 is 2.65 bits per heavy atom. The van der Waals surface area contributed by atoms with Gasteiger partial charge in [-0.3, -0.25) is 4.98 Å². The molecular weight excluding hydrogens is 290 g/mol. The average Bonchev–Trinajstić information content (AvgIpc) is 2.62. The maximum atomic E-state index is 10.5. The zero-order chi connectivity index (χ0) is 16.1. The minimum Gasteiger partial charge on any atom is -0.477 e. The van der Waals surface area contributed by atoms with Crippen molar-refractivity contribution in [3.8, 4) is 5.88 Å². The van der Waals surface area contributed by atoms with E-state index in [9.17, 15) is 5.11 Å². The Balaban J connectivity index is 1.61. The first-order valence-electron chi connectivity index (χ1n) is 8.20. The molecule has 2 heterocycles. The van der Waals surface area contributed by atoms with Crippen molar-refractivity contribution in [2.24, 2.45) is 5.92 Å². The van der Waals surface area contributed by atoms with Gasteiger partial charge in [0.25, 0.3) is 0 Å². The molecule has 2 aromatic rings. The molecule has 5 nitrogen and oxygen atoms in total. The summed E-state index contributed by atoms with van der Waals surface area (Å²) in [4.78, 5) is 10.9. The van der Waals surface area contributed by atoms with Crippen molar-refractivity contribution in [2.75, 3.05) is 24.6 Å². The van der Waals surface area contributed by atoms with E-state index in [4.69, 9.17) is 4.74 Å². The van der Waals surface area contributed by atoms with Gasteiger partial charge in [0.1, 0.15) is 0 Å². The fraction of sp³-hybridized carbons (Fsp3) is 0.444. The highest BCUT2D eigenvalue weighted by atomic mass is 16.5. The molecule has 0 amide bonds. The molecule has 1 atom stereocenters. The quantitative estimate of drug-likeness (QED) is 0.920. The van der Waals surface area contributed by atoms with Crippen molar-refractivity contribution in [2.45, 2.75) is 25.9 Å². The highest BCUT2D eigenvalue weighted by molar-refractivity contribution is 5.38. The monoisotopic (exact) mass is 313 g/mol. The molecule has 122 valence electrons. The fourth-order valence-electron chi connectivity index (χ4n) is 3.07. The van der Waals surface area contributed by atoms with Crippen molar-refractivity contribution in [1.29, 1.82) is 0 Å². The lowest BCUT2D eigenvalue weighted by atomic mass is 9.87. The van der Waals surface area contributed by atoms with Crippen LogP contribution in [0.2, 0.25) is 0 Å². The molecule has 0 unspecified atom stereocenters. The van der Waals surface area contributed by atoms with Crippen LogP contribution in [-0.4, -0.2) is 34.8 Å². The molecule has 1 N–H and O–H groups in total. The molecule has 1 saturated heterocycles. The second kappa shape index (κ2) is 7.42. The van der Waals surface area contributed by atoms with Gasteiger partial charge in [-0.1, -0.05) is 30.3 Å². The minimum absolute atomic E-state index is 0.289. The molecule has 0 saturated carbocycles. The van der Waals surface area contributed by atoms with Crippen LogP contribution in [0.3, 0.4) is 0 Å². The van der Waals surface area contributed by atoms with Crippen LogP contribution >= 0.6 is 0 Å². The molecule has 3 rings (SSSR count). The summed E-state index contributed by atoms with van der Waals surface area (Å²) in [6, 6.07) is 9.91. The average molecular weight is 313 g/mol. The van der Waals surface area contributed by atoms with Gasteiger partial charge in [0, 0.05) is 13.1 Å². The van der Waals surface area contributed by atoms with Crippen LogP contribution in [0.4, 0.5) is 5.82 Å². The summed E-state index contributed by atoms with van der Waals surface area (Å²) < 4.78 is 5.41. The van der Waals surface area contributed by atoms with Gasteiger partial charge in [-0.2, -0.15) is 4.98 Å². The highest BCUT2D eigenvalue weighted by Gasteiger charge is 2.26. The van der Waals surface area contributed by atoms with Crippen LogP contribution in [0.5, 0.6) is 5.88 Å². The number of aliphatic hydroxyl groups is 1. The highest BCUT2D eigenvalue weighted by Crippen LogP contribution is 2.32. The summed E-state index contributed by atoms with van der Waals surface area (Å²) >= 11 is 0. The number of aromatic nitrogens is 2. The SMILES string of the molecule is CCOc1cncc(N2CCC([C@@H](O)c3ccccc3)CC2)n1. The summed E-state index contributed by atoms with van der Waals surface area (Å²) in [6.07, 6.45) is 4.90. The number of nitrogens with zero attached hydrogens (tertiary/aromatic N) is 3. The van der Waals surface area contributed by atoms with Crippen LogP contribution in [-0.2, 0) is 0 Å². The third-order valence-corrected chi connectivity index (χ3v) is 4.34. The van der Waals surface area contributed by atoms with E-state index in [-0.39, 0.29) is 12.0 Å². The summed E-state index contributed by atoms with van der Waals surface area (Å²) in [5, 5.41) is 10.5. The Morgan fingerprint density at radius 1 is 1.22 bits per heavy atom. The van der Waals surface area contributed by atoms with Gasteiger partial charge in [0.05, 0.1) is 25.1 Å². The number of benzene rings is 1. The Labute approximate surface area is 137 Å². The maximum absolute atomic E-state index is 10.5. The fourth-order valence-corrected chi connectivity index (χ4v) is 3.07. The third-order valence-electron chi connectivity index (χ3n) is 4.34. The first-order valence-corrected chi connectivity index (χ1v) is 8.20. The van der Waals surface area contributed by atoms with E-state index in [0.29, 0.717) is 12.5 Å². The Kier molecular flexibility index (Phi) is 5.08. The Morgan fingerprint density at radius 2 is 1.96 bits per heavy atom. The number of ether oxygens (including phenoxy) is 1. The topological polar surface area (TPSA) is 58.5 Å². The van der Waals surface area contributed by atoms with Gasteiger partial charge < -0.3 is 14.7 Å². The first-order chi connectivity index (χ1) is 11.3. The largest absolute Gasteiger partial charge is 0.477 e. The predicted octanol–water partition coefficient (Wildman–Crippen LogP) is 2.83. The molecule has 5 heteroatoms.